The van der Waals surface area contributed by atoms with Crippen LogP contribution >= 0.6 is 0 Å². The molecule has 0 aliphatic heterocycles. The first-order valence-electron chi connectivity index (χ1n) is 8.18. The number of nitrogens with zero attached hydrogens (tertiary/aromatic N) is 1. The fourth-order valence-corrected chi connectivity index (χ4v) is 2.49. The average Bonchev–Trinajstić information content (AvgIpc) is 2.58. The van der Waals surface area contributed by atoms with Gasteiger partial charge in [-0.3, -0.25) is 5.32 Å². The normalized spacial score (nSPS) is 10.2. The largest absolute Gasteiger partial charge is 0.450 e. The number of carbonyl (C=O) groups is 1. The van der Waals surface area contributed by atoms with Crippen LogP contribution in [-0.4, -0.2) is 19.2 Å². The zero-order chi connectivity index (χ0) is 18.2. The maximum absolute atomic E-state index is 13.1. The Morgan fingerprint density at radius 3 is 2.60 bits per heavy atom. The highest BCUT2D eigenvalue weighted by molar-refractivity contribution is 5.86. The standard InChI is InChI=1S/C20H23FN2O2/c1-4-12-23(14-16-6-8-17(21)9-7-16)18-10-11-19(15(3)13-18)22-20(24)25-5-2/h4,6-11,13H,1,5,12,14H2,2-3H3,(H,22,24). The van der Waals surface area contributed by atoms with Crippen molar-refractivity contribution in [2.75, 3.05) is 23.4 Å². The highest BCUT2D eigenvalue weighted by atomic mass is 19.1. The summed E-state index contributed by atoms with van der Waals surface area (Å²) in [7, 11) is 0. The number of benzene rings is 2. The molecule has 0 fully saturated rings. The van der Waals surface area contributed by atoms with Crippen molar-refractivity contribution in [3.05, 3.63) is 72.1 Å². The number of hydrogen-bond acceptors (Lipinski definition) is 3. The summed E-state index contributed by atoms with van der Waals surface area (Å²) >= 11 is 0. The van der Waals surface area contributed by atoms with E-state index in [-0.39, 0.29) is 5.82 Å². The summed E-state index contributed by atoms with van der Waals surface area (Å²) in [6, 6.07) is 12.2. The number of ether oxygens (including phenoxy) is 1. The number of halogens is 1. The SMILES string of the molecule is C=CCN(Cc1ccc(F)cc1)c1ccc(NC(=O)OCC)c(C)c1. The molecule has 0 unspecified atom stereocenters. The molecule has 1 N–H and O–H groups in total. The molecular formula is C20H23FN2O2. The van der Waals surface area contributed by atoms with Gasteiger partial charge in [-0.25, -0.2) is 9.18 Å². The van der Waals surface area contributed by atoms with Crippen molar-refractivity contribution >= 4 is 17.5 Å². The Morgan fingerprint density at radius 1 is 1.28 bits per heavy atom. The van der Waals surface area contributed by atoms with Crippen molar-refractivity contribution in [3.8, 4) is 0 Å². The summed E-state index contributed by atoms with van der Waals surface area (Å²) in [5.74, 6) is -0.246. The van der Waals surface area contributed by atoms with E-state index in [1.165, 1.54) is 12.1 Å². The van der Waals surface area contributed by atoms with E-state index in [4.69, 9.17) is 4.74 Å². The number of hydrogen-bond donors (Lipinski definition) is 1. The van der Waals surface area contributed by atoms with E-state index < -0.39 is 6.09 Å². The number of aryl methyl sites for hydroxylation is 1. The molecule has 1 amide bonds. The first-order chi connectivity index (χ1) is 12.0. The average molecular weight is 342 g/mol. The van der Waals surface area contributed by atoms with Gasteiger partial charge in [0.15, 0.2) is 0 Å². The Bertz CT molecular complexity index is 729. The van der Waals surface area contributed by atoms with Gasteiger partial charge in [-0.15, -0.1) is 6.58 Å². The predicted molar refractivity (Wildman–Crippen MR) is 99.5 cm³/mol. The van der Waals surface area contributed by atoms with Crippen molar-refractivity contribution in [1.29, 1.82) is 0 Å². The first kappa shape index (κ1) is 18.5. The molecular weight excluding hydrogens is 319 g/mol. The third-order valence-corrected chi connectivity index (χ3v) is 3.72. The maximum Gasteiger partial charge on any atom is 0.411 e. The lowest BCUT2D eigenvalue weighted by molar-refractivity contribution is 0.168. The molecule has 0 radical (unpaired) electrons. The fraction of sp³-hybridized carbons (Fsp3) is 0.250. The first-order valence-corrected chi connectivity index (χ1v) is 8.18. The van der Waals surface area contributed by atoms with Gasteiger partial charge in [0, 0.05) is 24.5 Å². The molecule has 0 aliphatic carbocycles. The highest BCUT2D eigenvalue weighted by Crippen LogP contribution is 2.24. The van der Waals surface area contributed by atoms with E-state index in [0.717, 1.165) is 16.8 Å². The topological polar surface area (TPSA) is 41.6 Å². The lowest BCUT2D eigenvalue weighted by Crippen LogP contribution is -2.23. The predicted octanol–water partition coefficient (Wildman–Crippen LogP) is 4.90. The third kappa shape index (κ3) is 5.35. The highest BCUT2D eigenvalue weighted by Gasteiger charge is 2.10. The Labute approximate surface area is 147 Å². The van der Waals surface area contributed by atoms with Crippen LogP contribution in [-0.2, 0) is 11.3 Å². The molecule has 5 heteroatoms. The Hall–Kier alpha value is -2.82. The van der Waals surface area contributed by atoms with Gasteiger partial charge in [-0.1, -0.05) is 18.2 Å². The Balaban J connectivity index is 2.17. The molecule has 0 saturated carbocycles. The minimum absolute atomic E-state index is 0.246. The van der Waals surface area contributed by atoms with Crippen LogP contribution in [0.5, 0.6) is 0 Å². The minimum Gasteiger partial charge on any atom is -0.450 e. The van der Waals surface area contributed by atoms with E-state index in [2.05, 4.69) is 16.8 Å². The van der Waals surface area contributed by atoms with Gasteiger partial charge >= 0.3 is 6.09 Å². The number of amides is 1. The van der Waals surface area contributed by atoms with Crippen LogP contribution in [0.1, 0.15) is 18.1 Å². The number of anilines is 2. The second kappa shape index (κ2) is 8.87. The van der Waals surface area contributed by atoms with E-state index in [0.29, 0.717) is 25.4 Å². The zero-order valence-corrected chi connectivity index (χ0v) is 14.6. The fourth-order valence-electron chi connectivity index (χ4n) is 2.49. The van der Waals surface area contributed by atoms with Gasteiger partial charge in [0.2, 0.25) is 0 Å². The van der Waals surface area contributed by atoms with Gasteiger partial charge in [0.05, 0.1) is 6.61 Å². The molecule has 25 heavy (non-hydrogen) atoms. The quantitative estimate of drug-likeness (QED) is 0.728. The van der Waals surface area contributed by atoms with Crippen LogP contribution in [0, 0.1) is 12.7 Å². The summed E-state index contributed by atoms with van der Waals surface area (Å²) in [5.41, 5.74) is 3.65. The maximum atomic E-state index is 13.1. The van der Waals surface area contributed by atoms with Crippen molar-refractivity contribution in [2.45, 2.75) is 20.4 Å². The molecule has 0 saturated heterocycles. The molecule has 2 aromatic carbocycles. The molecule has 0 atom stereocenters. The summed E-state index contributed by atoms with van der Waals surface area (Å²) in [4.78, 5) is 13.7. The molecule has 0 aromatic heterocycles. The minimum atomic E-state index is -0.465. The van der Waals surface area contributed by atoms with E-state index in [9.17, 15) is 9.18 Å². The molecule has 4 nitrogen and oxygen atoms in total. The second-order valence-corrected chi connectivity index (χ2v) is 5.64. The molecule has 132 valence electrons. The number of nitrogens with one attached hydrogen (secondary N) is 1. The van der Waals surface area contributed by atoms with E-state index >= 15 is 0 Å². The summed E-state index contributed by atoms with van der Waals surface area (Å²) in [5, 5.41) is 2.72. The summed E-state index contributed by atoms with van der Waals surface area (Å²) in [6.07, 6.45) is 1.36. The van der Waals surface area contributed by atoms with Gasteiger partial charge in [-0.05, 0) is 55.3 Å². The van der Waals surface area contributed by atoms with Crippen molar-refractivity contribution < 1.29 is 13.9 Å². The second-order valence-electron chi connectivity index (χ2n) is 5.64. The molecule has 0 aliphatic rings. The van der Waals surface area contributed by atoms with E-state index in [1.54, 1.807) is 19.1 Å². The van der Waals surface area contributed by atoms with Crippen LogP contribution in [0.25, 0.3) is 0 Å². The van der Waals surface area contributed by atoms with Crippen molar-refractivity contribution in [2.24, 2.45) is 0 Å². The number of carbonyl (C=O) groups excluding carboxylic acids is 1. The summed E-state index contributed by atoms with van der Waals surface area (Å²) in [6.45, 7) is 9.11. The monoisotopic (exact) mass is 342 g/mol. The van der Waals surface area contributed by atoms with Crippen LogP contribution in [0.2, 0.25) is 0 Å². The summed E-state index contributed by atoms with van der Waals surface area (Å²) < 4.78 is 18.0. The molecule has 0 spiro atoms. The van der Waals surface area contributed by atoms with Crippen LogP contribution < -0.4 is 10.2 Å². The molecule has 2 rings (SSSR count). The van der Waals surface area contributed by atoms with Crippen LogP contribution in [0.4, 0.5) is 20.6 Å². The molecule has 0 heterocycles. The van der Waals surface area contributed by atoms with Crippen LogP contribution in [0.3, 0.4) is 0 Å². The van der Waals surface area contributed by atoms with Gasteiger partial charge < -0.3 is 9.64 Å². The van der Waals surface area contributed by atoms with Crippen molar-refractivity contribution in [3.63, 3.8) is 0 Å². The Kier molecular flexibility index (Phi) is 6.57. The van der Waals surface area contributed by atoms with Gasteiger partial charge in [-0.2, -0.15) is 0 Å². The number of rotatable bonds is 7. The smallest absolute Gasteiger partial charge is 0.411 e. The Morgan fingerprint density at radius 2 is 2.00 bits per heavy atom. The van der Waals surface area contributed by atoms with Crippen molar-refractivity contribution in [1.82, 2.24) is 0 Å². The lowest BCUT2D eigenvalue weighted by Gasteiger charge is -2.24. The van der Waals surface area contributed by atoms with E-state index in [1.807, 2.05) is 31.2 Å². The lowest BCUT2D eigenvalue weighted by atomic mass is 10.1. The zero-order valence-electron chi connectivity index (χ0n) is 14.6. The molecule has 0 bridgehead atoms. The van der Waals surface area contributed by atoms with Gasteiger partial charge in [0.1, 0.15) is 5.82 Å². The third-order valence-electron chi connectivity index (χ3n) is 3.72. The molecule has 2 aromatic rings. The van der Waals surface area contributed by atoms with Gasteiger partial charge in [0.25, 0.3) is 0 Å². The van der Waals surface area contributed by atoms with Crippen LogP contribution in [0.15, 0.2) is 55.1 Å².